The van der Waals surface area contributed by atoms with Crippen molar-refractivity contribution in [2.75, 3.05) is 13.1 Å². The van der Waals surface area contributed by atoms with Crippen molar-refractivity contribution in [3.63, 3.8) is 0 Å². The summed E-state index contributed by atoms with van der Waals surface area (Å²) in [6.07, 6.45) is 7.12. The van der Waals surface area contributed by atoms with Crippen molar-refractivity contribution in [2.45, 2.75) is 96.9 Å². The van der Waals surface area contributed by atoms with E-state index in [1.165, 1.54) is 0 Å². The van der Waals surface area contributed by atoms with Gasteiger partial charge in [-0.15, -0.1) is 0 Å². The summed E-state index contributed by atoms with van der Waals surface area (Å²) in [4.78, 5) is 56.5. The summed E-state index contributed by atoms with van der Waals surface area (Å²) in [5.74, 6) is 0.716. The first-order valence-electron chi connectivity index (χ1n) is 17.6. The van der Waals surface area contributed by atoms with E-state index in [4.69, 9.17) is 14.5 Å². The van der Waals surface area contributed by atoms with Crippen LogP contribution in [-0.2, 0) is 9.47 Å². The lowest BCUT2D eigenvalue weighted by Gasteiger charge is -2.28. The number of aromatic amines is 1. The molecule has 258 valence electrons. The van der Waals surface area contributed by atoms with Crippen LogP contribution in [0.15, 0.2) is 58.6 Å². The van der Waals surface area contributed by atoms with Crippen LogP contribution in [0.3, 0.4) is 0 Å². The molecule has 1 aromatic heterocycles. The largest absolute Gasteiger partial charge is 0.444 e. The number of carbonyl (C=O) groups is 2. The van der Waals surface area contributed by atoms with Gasteiger partial charge in [-0.05, 0) is 113 Å². The minimum atomic E-state index is -0.575. The minimum absolute atomic E-state index is 0.00293. The molecular weight excluding hydrogens is 630 g/mol. The summed E-state index contributed by atoms with van der Waals surface area (Å²) in [5, 5.41) is 5.34. The molecule has 3 aliphatic rings. The van der Waals surface area contributed by atoms with Gasteiger partial charge in [0.25, 0.3) is 0 Å². The molecule has 0 unspecified atom stereocenters. The lowest BCUT2D eigenvalue weighted by Crippen LogP contribution is -2.43. The van der Waals surface area contributed by atoms with Gasteiger partial charge in [-0.3, -0.25) is 19.6 Å². The molecule has 5 aromatic rings. The van der Waals surface area contributed by atoms with E-state index < -0.39 is 11.2 Å². The molecule has 10 nitrogen and oxygen atoms in total. The highest BCUT2D eigenvalue weighted by Gasteiger charge is 2.37. The number of aromatic nitrogens is 2. The number of nitrogens with zero attached hydrogens (tertiary/aromatic N) is 4. The third kappa shape index (κ3) is 5.64. The topological polar surface area (TPSA) is 117 Å². The Labute approximate surface area is 290 Å². The van der Waals surface area contributed by atoms with Gasteiger partial charge in [0, 0.05) is 58.5 Å². The number of H-pyrrole nitrogens is 1. The number of imidazole rings is 1. The van der Waals surface area contributed by atoms with Crippen molar-refractivity contribution >= 4 is 55.8 Å². The second kappa shape index (κ2) is 11.5. The van der Waals surface area contributed by atoms with Gasteiger partial charge < -0.3 is 14.5 Å². The molecular formula is C40H43N5O5. The van der Waals surface area contributed by atoms with Crippen LogP contribution in [0.1, 0.15) is 91.1 Å². The Balaban J connectivity index is 1.07. The Bertz CT molecular complexity index is 2270. The summed E-state index contributed by atoms with van der Waals surface area (Å²) in [5.41, 5.74) is 3.51. The van der Waals surface area contributed by atoms with Crippen LogP contribution in [-0.4, -0.2) is 68.0 Å². The molecule has 3 aliphatic heterocycles. The molecule has 2 saturated heterocycles. The summed E-state index contributed by atoms with van der Waals surface area (Å²) >= 11 is 0. The smallest absolute Gasteiger partial charge is 0.410 e. The third-order valence-electron chi connectivity index (χ3n) is 10.0. The van der Waals surface area contributed by atoms with E-state index in [0.29, 0.717) is 36.1 Å². The number of aliphatic imine (C=N–C) groups is 1. The van der Waals surface area contributed by atoms with Gasteiger partial charge in [-0.25, -0.2) is 14.6 Å². The Morgan fingerprint density at radius 2 is 1.36 bits per heavy atom. The van der Waals surface area contributed by atoms with E-state index in [9.17, 15) is 14.4 Å². The number of allylic oxidation sites excluding steroid dienone is 1. The normalized spacial score (nSPS) is 20.0. The van der Waals surface area contributed by atoms with E-state index >= 15 is 0 Å². The molecule has 0 saturated carbocycles. The third-order valence-corrected chi connectivity index (χ3v) is 10.0. The van der Waals surface area contributed by atoms with Crippen LogP contribution in [0, 0.1) is 0 Å². The summed E-state index contributed by atoms with van der Waals surface area (Å²) < 4.78 is 11.3. The van der Waals surface area contributed by atoms with Crippen LogP contribution in [0.2, 0.25) is 0 Å². The van der Waals surface area contributed by atoms with Gasteiger partial charge in [0.1, 0.15) is 17.0 Å². The lowest BCUT2D eigenvalue weighted by atomic mass is 9.94. The van der Waals surface area contributed by atoms with Crippen molar-refractivity contribution < 1.29 is 19.1 Å². The number of amides is 2. The molecule has 2 fully saturated rings. The molecule has 0 aliphatic carbocycles. The molecule has 0 bridgehead atoms. The maximum atomic E-state index is 14.1. The van der Waals surface area contributed by atoms with E-state index in [1.807, 2.05) is 64.8 Å². The molecule has 0 radical (unpaired) electrons. The lowest BCUT2D eigenvalue weighted by molar-refractivity contribution is 0.0216. The van der Waals surface area contributed by atoms with Crippen molar-refractivity contribution in [1.82, 2.24) is 19.8 Å². The number of hydrogen-bond donors (Lipinski definition) is 1. The van der Waals surface area contributed by atoms with Gasteiger partial charge in [0.15, 0.2) is 5.43 Å². The summed E-state index contributed by atoms with van der Waals surface area (Å²) in [7, 11) is 0. The van der Waals surface area contributed by atoms with Crippen LogP contribution >= 0.6 is 0 Å². The van der Waals surface area contributed by atoms with E-state index in [2.05, 4.69) is 34.2 Å². The Morgan fingerprint density at radius 3 is 1.98 bits per heavy atom. The van der Waals surface area contributed by atoms with Crippen LogP contribution < -0.4 is 5.43 Å². The van der Waals surface area contributed by atoms with Crippen LogP contribution in [0.25, 0.3) is 49.1 Å². The van der Waals surface area contributed by atoms with Crippen molar-refractivity contribution in [3.05, 3.63) is 70.4 Å². The van der Waals surface area contributed by atoms with Crippen molar-refractivity contribution in [2.24, 2.45) is 4.99 Å². The quantitative estimate of drug-likeness (QED) is 0.191. The average molecular weight is 674 g/mol. The summed E-state index contributed by atoms with van der Waals surface area (Å²) in [6, 6.07) is 12.1. The molecule has 1 N–H and O–H groups in total. The standard InChI is InChI=1S/C40H43N5O5/c1-39(2,3)49-37(47)44-13-7-9-31(44)29-19-26(20-41-29)24-15-22-11-12-23-16-25(18-28-34(23)33(22)27(17-24)35(28)46)30-21-42-36(43-30)32-10-8-14-45(32)38(48)50-40(4,5)6/h11-12,15-18,20-21,31-32H,7-10,13-14,19H2,1-6H3,(H,42,43)/t31-,32-/m0/s1. The van der Waals surface area contributed by atoms with Crippen LogP contribution in [0.4, 0.5) is 9.59 Å². The van der Waals surface area contributed by atoms with Gasteiger partial charge in [-0.2, -0.15) is 0 Å². The Kier molecular flexibility index (Phi) is 7.44. The molecule has 4 heterocycles. The molecule has 4 aromatic carbocycles. The predicted molar refractivity (Wildman–Crippen MR) is 196 cm³/mol. The molecule has 0 spiro atoms. The zero-order valence-corrected chi connectivity index (χ0v) is 29.6. The maximum Gasteiger partial charge on any atom is 0.410 e. The average Bonchev–Trinajstić information content (AvgIpc) is 3.88. The van der Waals surface area contributed by atoms with Gasteiger partial charge >= 0.3 is 12.2 Å². The monoisotopic (exact) mass is 673 g/mol. The number of benzene rings is 3. The molecule has 2 amide bonds. The Morgan fingerprint density at radius 1 is 0.800 bits per heavy atom. The second-order valence-corrected chi connectivity index (χ2v) is 15.9. The first-order valence-corrected chi connectivity index (χ1v) is 17.6. The first kappa shape index (κ1) is 32.2. The highest BCUT2D eigenvalue weighted by Crippen LogP contribution is 2.40. The second-order valence-electron chi connectivity index (χ2n) is 15.9. The highest BCUT2D eigenvalue weighted by atomic mass is 16.6. The van der Waals surface area contributed by atoms with Gasteiger partial charge in [-0.1, -0.05) is 12.1 Å². The number of carbonyl (C=O) groups excluding carboxylic acids is 2. The fourth-order valence-electron chi connectivity index (χ4n) is 7.90. The molecule has 8 rings (SSSR count). The zero-order valence-electron chi connectivity index (χ0n) is 29.6. The fraction of sp³-hybridized carbons (Fsp3) is 0.425. The Hall–Kier alpha value is -4.99. The number of hydrogen-bond acceptors (Lipinski definition) is 7. The minimum Gasteiger partial charge on any atom is -0.444 e. The number of nitrogens with one attached hydrogen (secondary N) is 1. The van der Waals surface area contributed by atoms with E-state index in [0.717, 1.165) is 75.3 Å². The molecule has 50 heavy (non-hydrogen) atoms. The molecule has 10 heteroatoms. The maximum absolute atomic E-state index is 14.1. The SMILES string of the molecule is CC(C)(C)OC(=O)N1CCC[C@H]1C1=NC=C(c2cc3ccc4cc(-c5cnc([C@@H]6CCCN6C(=O)OC(C)(C)C)[nH]5)cc5c(=O)c(c2)c3c45)C1. The zero-order chi connectivity index (χ0) is 35.1. The van der Waals surface area contributed by atoms with Gasteiger partial charge in [0.2, 0.25) is 0 Å². The summed E-state index contributed by atoms with van der Waals surface area (Å²) in [6.45, 7) is 12.5. The number of rotatable bonds is 4. The number of likely N-dealkylation sites (tertiary alicyclic amines) is 2. The van der Waals surface area contributed by atoms with Crippen molar-refractivity contribution in [3.8, 4) is 11.3 Å². The fourth-order valence-corrected chi connectivity index (χ4v) is 7.90. The first-order chi connectivity index (χ1) is 23.7. The predicted octanol–water partition coefficient (Wildman–Crippen LogP) is 8.43. The van der Waals surface area contributed by atoms with Crippen LogP contribution in [0.5, 0.6) is 0 Å². The number of ether oxygens (including phenoxy) is 2. The molecule has 2 atom stereocenters. The van der Waals surface area contributed by atoms with E-state index in [1.54, 1.807) is 11.1 Å². The highest BCUT2D eigenvalue weighted by molar-refractivity contribution is 6.27. The van der Waals surface area contributed by atoms with E-state index in [-0.39, 0.29) is 29.7 Å². The van der Waals surface area contributed by atoms with Crippen molar-refractivity contribution in [1.29, 1.82) is 0 Å². The van der Waals surface area contributed by atoms with Gasteiger partial charge in [0.05, 0.1) is 24.0 Å².